The maximum absolute atomic E-state index is 12.9. The SMILES string of the molecule is COC(=O)c1cccc(N=C2SC(=Cc3cc(Br)c(OCc4ccc(C)cc4)c(OC)c3)C(=O)N2C)c1. The van der Waals surface area contributed by atoms with E-state index in [-0.39, 0.29) is 5.91 Å². The number of thioether (sulfide) groups is 1. The fourth-order valence-electron chi connectivity index (χ4n) is 3.54. The molecule has 0 spiro atoms. The molecule has 1 amide bonds. The molecule has 0 bridgehead atoms. The number of rotatable bonds is 7. The third-order valence-electron chi connectivity index (χ3n) is 5.55. The second kappa shape index (κ2) is 11.7. The normalized spacial score (nSPS) is 15.4. The molecule has 0 N–H and O–H groups in total. The van der Waals surface area contributed by atoms with E-state index in [1.54, 1.807) is 44.5 Å². The summed E-state index contributed by atoms with van der Waals surface area (Å²) in [6.45, 7) is 2.44. The molecule has 0 radical (unpaired) electrons. The minimum absolute atomic E-state index is 0.178. The predicted octanol–water partition coefficient (Wildman–Crippen LogP) is 6.37. The van der Waals surface area contributed by atoms with E-state index in [4.69, 9.17) is 14.2 Å². The van der Waals surface area contributed by atoms with Crippen LogP contribution >= 0.6 is 27.7 Å². The number of hydrogen-bond acceptors (Lipinski definition) is 7. The lowest BCUT2D eigenvalue weighted by molar-refractivity contribution is -0.121. The second-order valence-electron chi connectivity index (χ2n) is 8.22. The molecule has 0 aromatic heterocycles. The van der Waals surface area contributed by atoms with Crippen molar-refractivity contribution < 1.29 is 23.8 Å². The molecule has 3 aromatic rings. The Balaban J connectivity index is 1.56. The van der Waals surface area contributed by atoms with Gasteiger partial charge in [0.15, 0.2) is 16.7 Å². The molecule has 190 valence electrons. The molecule has 1 aliphatic rings. The number of carbonyl (C=O) groups excluding carboxylic acids is 2. The lowest BCUT2D eigenvalue weighted by Crippen LogP contribution is -2.23. The summed E-state index contributed by atoms with van der Waals surface area (Å²) in [4.78, 5) is 31.3. The van der Waals surface area contributed by atoms with E-state index in [1.807, 2.05) is 43.3 Å². The van der Waals surface area contributed by atoms with E-state index in [9.17, 15) is 9.59 Å². The molecule has 1 fully saturated rings. The predicted molar refractivity (Wildman–Crippen MR) is 149 cm³/mol. The summed E-state index contributed by atoms with van der Waals surface area (Å²) in [6, 6.07) is 18.6. The van der Waals surface area contributed by atoms with Gasteiger partial charge < -0.3 is 14.2 Å². The zero-order valence-corrected chi connectivity index (χ0v) is 23.2. The van der Waals surface area contributed by atoms with Crippen molar-refractivity contribution in [2.75, 3.05) is 21.3 Å². The van der Waals surface area contributed by atoms with Crippen LogP contribution in [-0.4, -0.2) is 43.2 Å². The zero-order chi connectivity index (χ0) is 26.5. The molecule has 0 atom stereocenters. The zero-order valence-electron chi connectivity index (χ0n) is 20.8. The Hall–Kier alpha value is -3.56. The number of benzene rings is 3. The van der Waals surface area contributed by atoms with E-state index in [1.165, 1.54) is 29.3 Å². The fourth-order valence-corrected chi connectivity index (χ4v) is 5.10. The number of esters is 1. The van der Waals surface area contributed by atoms with Crippen molar-refractivity contribution in [2.24, 2.45) is 4.99 Å². The first kappa shape index (κ1) is 26.5. The molecule has 1 heterocycles. The molecule has 0 aliphatic carbocycles. The number of hydrogen-bond donors (Lipinski definition) is 0. The highest BCUT2D eigenvalue weighted by Gasteiger charge is 2.30. The highest BCUT2D eigenvalue weighted by Crippen LogP contribution is 2.39. The average Bonchev–Trinajstić information content (AvgIpc) is 3.15. The summed E-state index contributed by atoms with van der Waals surface area (Å²) < 4.78 is 17.1. The van der Waals surface area contributed by atoms with Gasteiger partial charge in [-0.2, -0.15) is 0 Å². The van der Waals surface area contributed by atoms with Crippen LogP contribution in [0.2, 0.25) is 0 Å². The minimum Gasteiger partial charge on any atom is -0.493 e. The van der Waals surface area contributed by atoms with Gasteiger partial charge in [-0.3, -0.25) is 9.69 Å². The number of aryl methyl sites for hydroxylation is 1. The van der Waals surface area contributed by atoms with E-state index in [0.29, 0.717) is 43.9 Å². The summed E-state index contributed by atoms with van der Waals surface area (Å²) in [5, 5.41) is 0.502. The van der Waals surface area contributed by atoms with E-state index in [2.05, 4.69) is 20.9 Å². The third-order valence-corrected chi connectivity index (χ3v) is 7.20. The van der Waals surface area contributed by atoms with Gasteiger partial charge in [-0.05, 0) is 82.2 Å². The van der Waals surface area contributed by atoms with Crippen LogP contribution in [0.1, 0.15) is 27.0 Å². The number of halogens is 1. The van der Waals surface area contributed by atoms with Gasteiger partial charge >= 0.3 is 5.97 Å². The molecule has 1 aliphatic heterocycles. The number of methoxy groups -OCH3 is 2. The van der Waals surface area contributed by atoms with Crippen molar-refractivity contribution in [2.45, 2.75) is 13.5 Å². The molecule has 0 saturated carbocycles. The molecular weight excluding hydrogens is 556 g/mol. The van der Waals surface area contributed by atoms with Gasteiger partial charge in [0.05, 0.1) is 34.8 Å². The van der Waals surface area contributed by atoms with Crippen LogP contribution in [0, 0.1) is 6.92 Å². The first-order valence-electron chi connectivity index (χ1n) is 11.3. The lowest BCUT2D eigenvalue weighted by Gasteiger charge is -2.14. The summed E-state index contributed by atoms with van der Waals surface area (Å²) in [5.74, 6) is 0.505. The highest BCUT2D eigenvalue weighted by molar-refractivity contribution is 9.10. The van der Waals surface area contributed by atoms with Gasteiger partial charge in [-0.25, -0.2) is 9.79 Å². The van der Waals surface area contributed by atoms with E-state index >= 15 is 0 Å². The summed E-state index contributed by atoms with van der Waals surface area (Å²) in [7, 11) is 4.57. The molecule has 4 rings (SSSR count). The minimum atomic E-state index is -0.447. The number of amides is 1. The Morgan fingerprint density at radius 3 is 2.57 bits per heavy atom. The maximum atomic E-state index is 12.9. The van der Waals surface area contributed by atoms with E-state index < -0.39 is 5.97 Å². The standard InChI is InChI=1S/C28H25BrN2O5S/c1-17-8-10-18(11-9-17)16-36-25-22(29)12-19(13-23(25)34-3)14-24-26(32)31(2)28(37-24)30-21-7-5-6-20(15-21)27(33)35-4/h5-15H,16H2,1-4H3. The maximum Gasteiger partial charge on any atom is 0.337 e. The van der Waals surface area contributed by atoms with Crippen LogP contribution in [0.25, 0.3) is 6.08 Å². The van der Waals surface area contributed by atoms with Crippen LogP contribution in [0.15, 0.2) is 75.0 Å². The van der Waals surface area contributed by atoms with Crippen LogP contribution in [0.3, 0.4) is 0 Å². The summed E-state index contributed by atoms with van der Waals surface area (Å²) >= 11 is 4.84. The Labute approximate surface area is 228 Å². The molecule has 1 saturated heterocycles. The van der Waals surface area contributed by atoms with Crippen molar-refractivity contribution in [3.63, 3.8) is 0 Å². The monoisotopic (exact) mass is 580 g/mol. The third kappa shape index (κ3) is 6.23. The van der Waals surface area contributed by atoms with Crippen molar-refractivity contribution >= 4 is 56.5 Å². The lowest BCUT2D eigenvalue weighted by atomic mass is 10.1. The van der Waals surface area contributed by atoms with Gasteiger partial charge in [-0.15, -0.1) is 0 Å². The van der Waals surface area contributed by atoms with Crippen molar-refractivity contribution in [1.29, 1.82) is 0 Å². The Bertz CT molecular complexity index is 1400. The fraction of sp³-hybridized carbons (Fsp3) is 0.179. The van der Waals surface area contributed by atoms with E-state index in [0.717, 1.165) is 11.1 Å². The van der Waals surface area contributed by atoms with Crippen molar-refractivity contribution in [1.82, 2.24) is 4.90 Å². The second-order valence-corrected chi connectivity index (χ2v) is 10.1. The van der Waals surface area contributed by atoms with Gasteiger partial charge in [-0.1, -0.05) is 35.9 Å². The van der Waals surface area contributed by atoms with Gasteiger partial charge in [0.1, 0.15) is 6.61 Å². The van der Waals surface area contributed by atoms with Crippen molar-refractivity contribution in [3.05, 3.63) is 92.3 Å². The number of likely N-dealkylation sites (N-methyl/N-ethyl adjacent to an activating group) is 1. The number of aliphatic imine (C=N–C) groups is 1. The molecule has 7 nitrogen and oxygen atoms in total. The number of amidine groups is 1. The van der Waals surface area contributed by atoms with Crippen molar-refractivity contribution in [3.8, 4) is 11.5 Å². The smallest absolute Gasteiger partial charge is 0.337 e. The number of ether oxygens (including phenoxy) is 3. The topological polar surface area (TPSA) is 77.4 Å². The molecule has 37 heavy (non-hydrogen) atoms. The Kier molecular flexibility index (Phi) is 8.35. The quantitative estimate of drug-likeness (QED) is 0.239. The van der Waals surface area contributed by atoms with Crippen LogP contribution in [0.5, 0.6) is 11.5 Å². The number of carbonyl (C=O) groups is 2. The Morgan fingerprint density at radius 1 is 1.11 bits per heavy atom. The summed E-state index contributed by atoms with van der Waals surface area (Å²) in [5.41, 5.74) is 3.94. The van der Waals surface area contributed by atoms with Crippen LogP contribution < -0.4 is 9.47 Å². The molecule has 3 aromatic carbocycles. The van der Waals surface area contributed by atoms with Crippen LogP contribution in [0.4, 0.5) is 5.69 Å². The van der Waals surface area contributed by atoms with Crippen LogP contribution in [-0.2, 0) is 16.1 Å². The molecule has 9 heteroatoms. The Morgan fingerprint density at radius 2 is 1.86 bits per heavy atom. The average molecular weight is 581 g/mol. The largest absolute Gasteiger partial charge is 0.493 e. The highest BCUT2D eigenvalue weighted by atomic mass is 79.9. The number of nitrogens with zero attached hydrogens (tertiary/aromatic N) is 2. The molecule has 0 unspecified atom stereocenters. The van der Waals surface area contributed by atoms with Gasteiger partial charge in [0.2, 0.25) is 0 Å². The van der Waals surface area contributed by atoms with Gasteiger partial charge in [0, 0.05) is 7.05 Å². The summed E-state index contributed by atoms with van der Waals surface area (Å²) in [6.07, 6.45) is 1.79. The first-order chi connectivity index (χ1) is 17.8. The molecular formula is C28H25BrN2O5S. The van der Waals surface area contributed by atoms with Gasteiger partial charge in [0.25, 0.3) is 5.91 Å². The first-order valence-corrected chi connectivity index (χ1v) is 12.9.